The molecular formula is C16H18FNO3. The van der Waals surface area contributed by atoms with Crippen LogP contribution < -0.4 is 0 Å². The lowest BCUT2D eigenvalue weighted by atomic mass is 9.96. The third-order valence-electron chi connectivity index (χ3n) is 4.00. The maximum absolute atomic E-state index is 14.0. The third kappa shape index (κ3) is 2.30. The Bertz CT molecular complexity index is 620. The average molecular weight is 291 g/mol. The summed E-state index contributed by atoms with van der Waals surface area (Å²) in [7, 11) is 0. The van der Waals surface area contributed by atoms with Gasteiger partial charge in [0.1, 0.15) is 11.4 Å². The van der Waals surface area contributed by atoms with Gasteiger partial charge >= 0.3 is 6.09 Å². The molecule has 0 aromatic heterocycles. The summed E-state index contributed by atoms with van der Waals surface area (Å²) < 4.78 is 19.3. The van der Waals surface area contributed by atoms with Crippen molar-refractivity contribution in [2.45, 2.75) is 32.3 Å². The monoisotopic (exact) mass is 291 g/mol. The van der Waals surface area contributed by atoms with Crippen molar-refractivity contribution in [1.29, 1.82) is 0 Å². The van der Waals surface area contributed by atoms with Crippen molar-refractivity contribution in [2.24, 2.45) is 5.92 Å². The van der Waals surface area contributed by atoms with Crippen LogP contribution in [-0.2, 0) is 4.74 Å². The molecule has 1 fully saturated rings. The van der Waals surface area contributed by atoms with Crippen molar-refractivity contribution in [3.8, 4) is 0 Å². The Balaban J connectivity index is 1.84. The standard InChI is InChI=1S/C16H18FNO3/c1-16(2,3)21-15(20)18-7-10-11(8-18)14(19)9-5-4-6-12(17)13(9)10/h4-6,10-11H,7-8H2,1-3H3. The second kappa shape index (κ2) is 4.55. The Hall–Kier alpha value is -1.91. The molecule has 1 aliphatic carbocycles. The molecular weight excluding hydrogens is 273 g/mol. The number of ether oxygens (including phenoxy) is 1. The number of carbonyl (C=O) groups is 2. The van der Waals surface area contributed by atoms with Crippen LogP contribution >= 0.6 is 0 Å². The number of amides is 1. The minimum Gasteiger partial charge on any atom is -0.444 e. The number of Topliss-reactive ketones (excluding diaryl/α,β-unsaturated/α-hetero) is 1. The summed E-state index contributed by atoms with van der Waals surface area (Å²) in [6, 6.07) is 4.58. The minimum absolute atomic E-state index is 0.0689. The Morgan fingerprint density at radius 3 is 2.62 bits per heavy atom. The summed E-state index contributed by atoms with van der Waals surface area (Å²) in [6.07, 6.45) is -0.442. The quantitative estimate of drug-likeness (QED) is 0.738. The van der Waals surface area contributed by atoms with Gasteiger partial charge in [0.2, 0.25) is 0 Å². The van der Waals surface area contributed by atoms with Gasteiger partial charge in [0.05, 0.1) is 0 Å². The molecule has 2 aliphatic rings. The van der Waals surface area contributed by atoms with Gasteiger partial charge in [0.25, 0.3) is 0 Å². The molecule has 0 spiro atoms. The van der Waals surface area contributed by atoms with E-state index < -0.39 is 11.7 Å². The Kier molecular flexibility index (Phi) is 3.04. The highest BCUT2D eigenvalue weighted by Crippen LogP contribution is 2.44. The highest BCUT2D eigenvalue weighted by molar-refractivity contribution is 6.04. The van der Waals surface area contributed by atoms with Gasteiger partial charge < -0.3 is 9.64 Å². The lowest BCUT2D eigenvalue weighted by molar-refractivity contribution is 0.0287. The number of fused-ring (bicyclic) bond motifs is 3. The molecule has 3 rings (SSSR count). The zero-order valence-electron chi connectivity index (χ0n) is 12.4. The predicted octanol–water partition coefficient (Wildman–Crippen LogP) is 2.97. The summed E-state index contributed by atoms with van der Waals surface area (Å²) in [5.41, 5.74) is 0.342. The lowest BCUT2D eigenvalue weighted by Crippen LogP contribution is -2.36. The van der Waals surface area contributed by atoms with E-state index in [1.807, 2.05) is 0 Å². The summed E-state index contributed by atoms with van der Waals surface area (Å²) >= 11 is 0. The molecule has 1 heterocycles. The maximum Gasteiger partial charge on any atom is 0.410 e. The fourth-order valence-corrected chi connectivity index (χ4v) is 3.17. The molecule has 1 aromatic rings. The molecule has 0 saturated carbocycles. The first-order valence-electron chi connectivity index (χ1n) is 7.08. The van der Waals surface area contributed by atoms with Gasteiger partial charge in [-0.15, -0.1) is 0 Å². The highest BCUT2D eigenvalue weighted by Gasteiger charge is 2.48. The Morgan fingerprint density at radius 2 is 1.95 bits per heavy atom. The number of ketones is 1. The molecule has 2 unspecified atom stereocenters. The summed E-state index contributed by atoms with van der Waals surface area (Å²) in [6.45, 7) is 6.01. The topological polar surface area (TPSA) is 46.6 Å². The molecule has 2 atom stereocenters. The van der Waals surface area contributed by atoms with Crippen molar-refractivity contribution in [1.82, 2.24) is 4.90 Å². The second-order valence-corrected chi connectivity index (χ2v) is 6.66. The number of rotatable bonds is 0. The van der Waals surface area contributed by atoms with Gasteiger partial charge in [-0.05, 0) is 26.8 Å². The number of nitrogens with zero attached hydrogens (tertiary/aromatic N) is 1. The highest BCUT2D eigenvalue weighted by atomic mass is 19.1. The Labute approximate surface area is 122 Å². The van der Waals surface area contributed by atoms with Crippen LogP contribution in [0.3, 0.4) is 0 Å². The van der Waals surface area contributed by atoms with Crippen molar-refractivity contribution in [3.63, 3.8) is 0 Å². The van der Waals surface area contributed by atoms with Gasteiger partial charge in [0.15, 0.2) is 5.78 Å². The van der Waals surface area contributed by atoms with E-state index in [0.717, 1.165) is 0 Å². The van der Waals surface area contributed by atoms with Crippen molar-refractivity contribution >= 4 is 11.9 Å². The number of halogens is 1. The molecule has 0 radical (unpaired) electrons. The summed E-state index contributed by atoms with van der Waals surface area (Å²) in [5.74, 6) is -1.02. The number of carbonyl (C=O) groups excluding carboxylic acids is 2. The van der Waals surface area contributed by atoms with Crippen LogP contribution in [0.2, 0.25) is 0 Å². The average Bonchev–Trinajstić information content (AvgIpc) is 2.89. The first-order chi connectivity index (χ1) is 9.78. The van der Waals surface area contributed by atoms with E-state index >= 15 is 0 Å². The van der Waals surface area contributed by atoms with Crippen LogP contribution in [0.4, 0.5) is 9.18 Å². The number of likely N-dealkylation sites (tertiary alicyclic amines) is 1. The fourth-order valence-electron chi connectivity index (χ4n) is 3.17. The number of benzene rings is 1. The zero-order valence-corrected chi connectivity index (χ0v) is 12.4. The SMILES string of the molecule is CC(C)(C)OC(=O)N1CC2C(=O)c3cccc(F)c3C2C1. The molecule has 0 N–H and O–H groups in total. The van der Waals surface area contributed by atoms with E-state index in [0.29, 0.717) is 24.2 Å². The predicted molar refractivity (Wildman–Crippen MR) is 74.8 cm³/mol. The van der Waals surface area contributed by atoms with E-state index in [2.05, 4.69) is 0 Å². The van der Waals surface area contributed by atoms with Crippen LogP contribution in [0.1, 0.15) is 42.6 Å². The minimum atomic E-state index is -0.581. The fraction of sp³-hybridized carbons (Fsp3) is 0.500. The zero-order chi connectivity index (χ0) is 15.4. The van der Waals surface area contributed by atoms with E-state index in [1.54, 1.807) is 32.9 Å². The maximum atomic E-state index is 14.0. The van der Waals surface area contributed by atoms with Gasteiger partial charge in [-0.25, -0.2) is 9.18 Å². The molecule has 5 heteroatoms. The molecule has 0 bridgehead atoms. The van der Waals surface area contributed by atoms with E-state index in [1.165, 1.54) is 11.0 Å². The van der Waals surface area contributed by atoms with Crippen molar-refractivity contribution in [3.05, 3.63) is 35.1 Å². The van der Waals surface area contributed by atoms with Crippen molar-refractivity contribution in [2.75, 3.05) is 13.1 Å². The number of hydrogen-bond donors (Lipinski definition) is 0. The molecule has 1 aliphatic heterocycles. The van der Waals surface area contributed by atoms with Gasteiger partial charge in [-0.3, -0.25) is 4.79 Å². The van der Waals surface area contributed by atoms with Crippen LogP contribution in [0.15, 0.2) is 18.2 Å². The number of hydrogen-bond acceptors (Lipinski definition) is 3. The largest absolute Gasteiger partial charge is 0.444 e. The van der Waals surface area contributed by atoms with Gasteiger partial charge in [-0.2, -0.15) is 0 Å². The van der Waals surface area contributed by atoms with Crippen LogP contribution in [-0.4, -0.2) is 35.5 Å². The molecule has 1 aromatic carbocycles. The lowest BCUT2D eigenvalue weighted by Gasteiger charge is -2.24. The Morgan fingerprint density at radius 1 is 1.29 bits per heavy atom. The molecule has 112 valence electrons. The first-order valence-corrected chi connectivity index (χ1v) is 7.08. The molecule has 1 saturated heterocycles. The molecule has 1 amide bonds. The smallest absolute Gasteiger partial charge is 0.410 e. The molecule has 4 nitrogen and oxygen atoms in total. The second-order valence-electron chi connectivity index (χ2n) is 6.66. The molecule has 21 heavy (non-hydrogen) atoms. The summed E-state index contributed by atoms with van der Waals surface area (Å²) in [4.78, 5) is 25.9. The first kappa shape index (κ1) is 14.0. The van der Waals surface area contributed by atoms with Crippen molar-refractivity contribution < 1.29 is 18.7 Å². The van der Waals surface area contributed by atoms with Gasteiger partial charge in [0, 0.05) is 36.1 Å². The third-order valence-corrected chi connectivity index (χ3v) is 4.00. The van der Waals surface area contributed by atoms with Crippen LogP contribution in [0, 0.1) is 11.7 Å². The van der Waals surface area contributed by atoms with E-state index in [-0.39, 0.29) is 23.4 Å². The van der Waals surface area contributed by atoms with Gasteiger partial charge in [-0.1, -0.05) is 12.1 Å². The van der Waals surface area contributed by atoms with Crippen LogP contribution in [0.25, 0.3) is 0 Å². The van der Waals surface area contributed by atoms with E-state index in [4.69, 9.17) is 4.74 Å². The van der Waals surface area contributed by atoms with Crippen LogP contribution in [0.5, 0.6) is 0 Å². The summed E-state index contributed by atoms with van der Waals surface area (Å²) in [5, 5.41) is 0. The van der Waals surface area contributed by atoms with E-state index in [9.17, 15) is 14.0 Å². The normalized spacial score (nSPS) is 24.0.